The number of methoxy groups -OCH3 is 1. The zero-order valence-electron chi connectivity index (χ0n) is 16.5. The van der Waals surface area contributed by atoms with Gasteiger partial charge in [0.15, 0.2) is 0 Å². The Morgan fingerprint density at radius 3 is 2.61 bits per heavy atom. The number of aryl methyl sites for hydroxylation is 1. The van der Waals surface area contributed by atoms with Crippen LogP contribution in [0.4, 0.5) is 16.5 Å². The van der Waals surface area contributed by atoms with Crippen LogP contribution in [0.2, 0.25) is 0 Å². The molecule has 2 N–H and O–H groups in total. The van der Waals surface area contributed by atoms with Crippen molar-refractivity contribution in [1.82, 2.24) is 0 Å². The van der Waals surface area contributed by atoms with Gasteiger partial charge in [-0.3, -0.25) is 0 Å². The highest BCUT2D eigenvalue weighted by Crippen LogP contribution is 2.31. The Morgan fingerprint density at radius 2 is 1.93 bits per heavy atom. The molecule has 0 saturated heterocycles. The monoisotopic (exact) mass is 400 g/mol. The Bertz CT molecular complexity index is 940. The molecule has 8 heteroatoms. The van der Waals surface area contributed by atoms with Crippen LogP contribution in [0.1, 0.15) is 13.3 Å². The quantitative estimate of drug-likeness (QED) is 0.251. The zero-order chi connectivity index (χ0) is 19.9. The van der Waals surface area contributed by atoms with Gasteiger partial charge in [0.05, 0.1) is 30.1 Å². The zero-order valence-corrected chi connectivity index (χ0v) is 17.3. The number of fused-ring (bicyclic) bond motifs is 1. The number of nitrogens with zero attached hydrogens (tertiary/aromatic N) is 4. The Morgan fingerprint density at radius 1 is 1.14 bits per heavy atom. The summed E-state index contributed by atoms with van der Waals surface area (Å²) in [6, 6.07) is 14.1. The van der Waals surface area contributed by atoms with E-state index < -0.39 is 0 Å². The Hall–Kier alpha value is -2.55. The number of nitrogens with two attached hydrogens (primary N) is 1. The van der Waals surface area contributed by atoms with Crippen molar-refractivity contribution < 1.29 is 14.1 Å². The third kappa shape index (κ3) is 4.64. The van der Waals surface area contributed by atoms with Gasteiger partial charge < -0.3 is 14.5 Å². The summed E-state index contributed by atoms with van der Waals surface area (Å²) in [4.78, 5) is 6.88. The van der Waals surface area contributed by atoms with E-state index in [1.165, 1.54) is 0 Å². The molecular weight excluding hydrogens is 374 g/mol. The van der Waals surface area contributed by atoms with E-state index in [4.69, 9.17) is 15.5 Å². The van der Waals surface area contributed by atoms with Gasteiger partial charge >= 0.3 is 5.13 Å². The van der Waals surface area contributed by atoms with E-state index in [9.17, 15) is 0 Å². The highest BCUT2D eigenvalue weighted by atomic mass is 32.1. The number of benzene rings is 2. The third-order valence-electron chi connectivity index (χ3n) is 4.55. The fourth-order valence-corrected chi connectivity index (χ4v) is 3.87. The van der Waals surface area contributed by atoms with Crippen LogP contribution in [-0.4, -0.2) is 27.3 Å². The molecule has 0 fully saturated rings. The van der Waals surface area contributed by atoms with Crippen LogP contribution in [0.15, 0.2) is 52.7 Å². The molecule has 2 aromatic carbocycles. The van der Waals surface area contributed by atoms with Crippen molar-refractivity contribution in [2.75, 3.05) is 32.2 Å². The van der Waals surface area contributed by atoms with Crippen molar-refractivity contribution in [2.24, 2.45) is 16.1 Å². The lowest BCUT2D eigenvalue weighted by Crippen LogP contribution is -2.33. The minimum atomic E-state index is 0.490. The van der Waals surface area contributed by atoms with Crippen molar-refractivity contribution in [3.8, 4) is 5.75 Å². The van der Waals surface area contributed by atoms with Gasteiger partial charge in [0.2, 0.25) is 0 Å². The van der Waals surface area contributed by atoms with Crippen LogP contribution >= 0.6 is 11.3 Å². The van der Waals surface area contributed by atoms with Crippen LogP contribution in [-0.2, 0) is 11.4 Å². The molecule has 0 saturated carbocycles. The van der Waals surface area contributed by atoms with Gasteiger partial charge in [0, 0.05) is 31.8 Å². The van der Waals surface area contributed by atoms with E-state index >= 15 is 0 Å². The standard InChI is InChI=1S/C20H26N5O2S/c1-4-24(2)16-8-6-15(7-9-16)22-23-20-25(12-5-13-27-21)18-11-10-17(26-3)14-19(18)28-20/h6-11,14H,4-5,12-13,21H2,1-3H3/q+1. The fourth-order valence-electron chi connectivity index (χ4n) is 2.84. The molecule has 1 heterocycles. The molecule has 0 unspecified atom stereocenters. The number of ether oxygens (including phenoxy) is 1. The minimum Gasteiger partial charge on any atom is -0.497 e. The molecule has 0 spiro atoms. The third-order valence-corrected chi connectivity index (χ3v) is 5.58. The first-order valence-electron chi connectivity index (χ1n) is 9.21. The lowest BCUT2D eigenvalue weighted by Gasteiger charge is -2.15. The molecule has 7 nitrogen and oxygen atoms in total. The highest BCUT2D eigenvalue weighted by molar-refractivity contribution is 7.21. The molecule has 3 aromatic rings. The van der Waals surface area contributed by atoms with Crippen molar-refractivity contribution in [3.05, 3.63) is 42.5 Å². The summed E-state index contributed by atoms with van der Waals surface area (Å²) >= 11 is 1.58. The Balaban J connectivity index is 1.89. The van der Waals surface area contributed by atoms with Crippen LogP contribution in [0.25, 0.3) is 10.2 Å². The number of hydrogen-bond donors (Lipinski definition) is 1. The van der Waals surface area contributed by atoms with Gasteiger partial charge in [-0.15, -0.1) is 0 Å². The number of aromatic nitrogens is 1. The van der Waals surface area contributed by atoms with Gasteiger partial charge in [0.25, 0.3) is 0 Å². The molecule has 0 amide bonds. The second-order valence-electron chi connectivity index (χ2n) is 6.32. The van der Waals surface area contributed by atoms with Crippen molar-refractivity contribution >= 4 is 38.1 Å². The van der Waals surface area contributed by atoms with E-state index in [2.05, 4.69) is 45.8 Å². The number of azo groups is 1. The molecule has 0 radical (unpaired) electrons. The molecule has 148 valence electrons. The summed E-state index contributed by atoms with van der Waals surface area (Å²) in [6.07, 6.45) is 0.791. The van der Waals surface area contributed by atoms with Crippen molar-refractivity contribution in [3.63, 3.8) is 0 Å². The second kappa shape index (κ2) is 9.59. The largest absolute Gasteiger partial charge is 0.497 e. The van der Waals surface area contributed by atoms with Gasteiger partial charge in [-0.1, -0.05) is 0 Å². The number of anilines is 1. The molecule has 0 bridgehead atoms. The molecule has 0 aliphatic rings. The van der Waals surface area contributed by atoms with E-state index in [0.29, 0.717) is 6.61 Å². The van der Waals surface area contributed by atoms with Gasteiger partial charge in [-0.2, -0.15) is 0 Å². The average molecular weight is 401 g/mol. The highest BCUT2D eigenvalue weighted by Gasteiger charge is 2.20. The summed E-state index contributed by atoms with van der Waals surface area (Å²) in [5.41, 5.74) is 3.07. The van der Waals surface area contributed by atoms with Crippen LogP contribution in [0.3, 0.4) is 0 Å². The normalized spacial score (nSPS) is 11.4. The minimum absolute atomic E-state index is 0.490. The first-order chi connectivity index (χ1) is 13.7. The Labute approximate surface area is 169 Å². The fraction of sp³-hybridized carbons (Fsp3) is 0.350. The maximum atomic E-state index is 5.34. The topological polar surface area (TPSA) is 76.3 Å². The lowest BCUT2D eigenvalue weighted by atomic mass is 10.2. The van der Waals surface area contributed by atoms with E-state index in [-0.39, 0.29) is 0 Å². The lowest BCUT2D eigenvalue weighted by molar-refractivity contribution is -0.655. The smallest absolute Gasteiger partial charge is 0.409 e. The predicted octanol–water partition coefficient (Wildman–Crippen LogP) is 4.35. The molecule has 1 aromatic heterocycles. The number of thiazole rings is 1. The summed E-state index contributed by atoms with van der Waals surface area (Å²) in [5.74, 6) is 5.99. The maximum Gasteiger partial charge on any atom is 0.409 e. The molecule has 0 aliphatic carbocycles. The number of rotatable bonds is 9. The summed E-state index contributed by atoms with van der Waals surface area (Å²) in [7, 11) is 3.73. The summed E-state index contributed by atoms with van der Waals surface area (Å²) < 4.78 is 8.58. The van der Waals surface area contributed by atoms with Crippen molar-refractivity contribution in [2.45, 2.75) is 19.9 Å². The molecule has 28 heavy (non-hydrogen) atoms. The summed E-state index contributed by atoms with van der Waals surface area (Å²) in [5, 5.41) is 9.79. The van der Waals surface area contributed by atoms with Crippen LogP contribution in [0, 0.1) is 0 Å². The van der Waals surface area contributed by atoms with Crippen LogP contribution in [0.5, 0.6) is 5.75 Å². The molecule has 3 rings (SSSR count). The average Bonchev–Trinajstić information content (AvgIpc) is 3.08. The van der Waals surface area contributed by atoms with Crippen LogP contribution < -0.4 is 20.1 Å². The first-order valence-corrected chi connectivity index (χ1v) is 10.0. The number of hydrogen-bond acceptors (Lipinski definition) is 7. The van der Waals surface area contributed by atoms with E-state index in [1.54, 1.807) is 18.4 Å². The predicted molar refractivity (Wildman–Crippen MR) is 113 cm³/mol. The first kappa shape index (κ1) is 20.2. The second-order valence-corrected chi connectivity index (χ2v) is 7.33. The van der Waals surface area contributed by atoms with Crippen molar-refractivity contribution in [1.29, 1.82) is 0 Å². The molecule has 0 atom stereocenters. The van der Waals surface area contributed by atoms with Gasteiger partial charge in [-0.25, -0.2) is 10.5 Å². The van der Waals surface area contributed by atoms with Gasteiger partial charge in [0.1, 0.15) is 17.0 Å². The SMILES string of the molecule is CCN(C)c1ccc(N=Nc2sc3cc(OC)ccc3[n+]2CCCON)cc1. The van der Waals surface area contributed by atoms with E-state index in [1.807, 2.05) is 30.3 Å². The van der Waals surface area contributed by atoms with Gasteiger partial charge in [-0.05, 0) is 59.8 Å². The molecule has 0 aliphatic heterocycles. The Kier molecular flexibility index (Phi) is 6.91. The maximum absolute atomic E-state index is 5.34. The summed E-state index contributed by atoms with van der Waals surface area (Å²) in [6.45, 7) is 4.32. The van der Waals surface area contributed by atoms with E-state index in [0.717, 1.165) is 52.0 Å². The molecular formula is C20H26N5O2S+.